The predicted molar refractivity (Wildman–Crippen MR) is 59.9 cm³/mol. The summed E-state index contributed by atoms with van der Waals surface area (Å²) in [6, 6.07) is 0.519. The molecule has 0 aromatic heterocycles. The molecule has 0 saturated carbocycles. The molecular weight excluding hydrogens is 228 g/mol. The molecule has 0 aromatic rings. The molecule has 1 rings (SSSR count). The minimum Gasteiger partial charge on any atom is -0.385 e. The first kappa shape index (κ1) is 22.5. The van der Waals surface area contributed by atoms with Gasteiger partial charge in [-0.05, 0) is 19.2 Å². The summed E-state index contributed by atoms with van der Waals surface area (Å²) < 4.78 is 0. The third-order valence-electron chi connectivity index (χ3n) is 0.966. The molecule has 0 radical (unpaired) electrons. The van der Waals surface area contributed by atoms with Gasteiger partial charge in [-0.2, -0.15) is 0 Å². The van der Waals surface area contributed by atoms with Gasteiger partial charge in [0, 0.05) is 6.04 Å². The molecule has 0 fully saturated rings. The number of hydrogen-bond donors (Lipinski definition) is 1. The van der Waals surface area contributed by atoms with Crippen LogP contribution in [-0.2, 0) is 0 Å². The smallest absolute Gasteiger partial charge is 0.0413 e. The van der Waals surface area contributed by atoms with E-state index in [1.807, 2.05) is 18.4 Å². The first-order chi connectivity index (χ1) is 3.39. The topological polar surface area (TPSA) is 12.0 Å². The molecule has 1 aliphatic rings. The molecule has 11 heavy (non-hydrogen) atoms. The van der Waals surface area contributed by atoms with Gasteiger partial charge < -0.3 is 5.32 Å². The van der Waals surface area contributed by atoms with E-state index in [9.17, 15) is 0 Å². The van der Waals surface area contributed by atoms with Crippen LogP contribution in [0.5, 0.6) is 0 Å². The Hall–Kier alpha value is 0.440. The van der Waals surface area contributed by atoms with Crippen LogP contribution >= 0.6 is 49.6 Å². The molecule has 0 saturated heterocycles. The zero-order valence-corrected chi connectivity index (χ0v) is 9.29. The van der Waals surface area contributed by atoms with E-state index in [0.717, 1.165) is 0 Å². The highest BCUT2D eigenvalue weighted by atomic mass is 35.5. The van der Waals surface area contributed by atoms with E-state index in [-0.39, 0.29) is 49.6 Å². The van der Waals surface area contributed by atoms with Gasteiger partial charge in [0.1, 0.15) is 0 Å². The molecular formula is C6H13Cl4N. The molecule has 1 N–H and O–H groups in total. The number of nitrogens with one attached hydrogen (secondary N) is 1. The van der Waals surface area contributed by atoms with Crippen molar-refractivity contribution in [2.45, 2.75) is 13.0 Å². The SMILES string of the molecule is CC1C=CC=CN1.Cl.Cl.Cl.Cl. The van der Waals surface area contributed by atoms with Crippen molar-refractivity contribution in [3.05, 3.63) is 24.4 Å². The molecule has 70 valence electrons. The summed E-state index contributed by atoms with van der Waals surface area (Å²) in [6.45, 7) is 2.11. The van der Waals surface area contributed by atoms with Crippen LogP contribution in [0.15, 0.2) is 24.4 Å². The number of halogens is 4. The van der Waals surface area contributed by atoms with Gasteiger partial charge in [0.25, 0.3) is 0 Å². The highest BCUT2D eigenvalue weighted by Gasteiger charge is 1.90. The normalized spacial score (nSPS) is 17.4. The summed E-state index contributed by atoms with van der Waals surface area (Å²) in [5, 5.41) is 3.11. The van der Waals surface area contributed by atoms with E-state index in [1.54, 1.807) is 0 Å². The van der Waals surface area contributed by atoms with Crippen molar-refractivity contribution in [3.63, 3.8) is 0 Å². The second-order valence-electron chi connectivity index (χ2n) is 1.70. The molecule has 0 spiro atoms. The summed E-state index contributed by atoms with van der Waals surface area (Å²) in [5.74, 6) is 0. The molecule has 1 unspecified atom stereocenters. The Morgan fingerprint density at radius 2 is 1.55 bits per heavy atom. The van der Waals surface area contributed by atoms with E-state index in [0.29, 0.717) is 6.04 Å². The van der Waals surface area contributed by atoms with Crippen LogP contribution in [-0.4, -0.2) is 6.04 Å². The lowest BCUT2D eigenvalue weighted by Crippen LogP contribution is -2.18. The van der Waals surface area contributed by atoms with Gasteiger partial charge in [-0.15, -0.1) is 49.6 Å². The van der Waals surface area contributed by atoms with Gasteiger partial charge in [-0.3, -0.25) is 0 Å². The Kier molecular flexibility index (Phi) is 26.7. The van der Waals surface area contributed by atoms with Crippen LogP contribution in [0.4, 0.5) is 0 Å². The van der Waals surface area contributed by atoms with Crippen LogP contribution < -0.4 is 5.32 Å². The van der Waals surface area contributed by atoms with Crippen LogP contribution in [0.25, 0.3) is 0 Å². The summed E-state index contributed by atoms with van der Waals surface area (Å²) in [5.41, 5.74) is 0. The molecule has 0 aliphatic carbocycles. The first-order valence-electron chi connectivity index (χ1n) is 2.49. The number of dihydropyridines is 1. The third-order valence-corrected chi connectivity index (χ3v) is 0.966. The molecule has 5 heteroatoms. The molecule has 0 aromatic carbocycles. The molecule has 0 amide bonds. The fourth-order valence-corrected chi connectivity index (χ4v) is 0.549. The Labute approximate surface area is 92.3 Å². The molecule has 1 nitrogen and oxygen atoms in total. The van der Waals surface area contributed by atoms with Gasteiger partial charge in [0.15, 0.2) is 0 Å². The lowest BCUT2D eigenvalue weighted by atomic mass is 10.2. The van der Waals surface area contributed by atoms with Crippen molar-refractivity contribution in [1.29, 1.82) is 0 Å². The second kappa shape index (κ2) is 13.1. The summed E-state index contributed by atoms with van der Waals surface area (Å²) in [6.07, 6.45) is 8.09. The highest BCUT2D eigenvalue weighted by molar-refractivity contribution is 5.86. The maximum atomic E-state index is 3.11. The van der Waals surface area contributed by atoms with Crippen molar-refractivity contribution in [2.75, 3.05) is 0 Å². The van der Waals surface area contributed by atoms with Crippen molar-refractivity contribution in [3.8, 4) is 0 Å². The summed E-state index contributed by atoms with van der Waals surface area (Å²) >= 11 is 0. The van der Waals surface area contributed by atoms with Crippen LogP contribution in [0.3, 0.4) is 0 Å². The Balaban J connectivity index is -0.0000000612. The first-order valence-corrected chi connectivity index (χ1v) is 2.49. The Morgan fingerprint density at radius 1 is 1.00 bits per heavy atom. The fraction of sp³-hybridized carbons (Fsp3) is 0.333. The third kappa shape index (κ3) is 10.4. The van der Waals surface area contributed by atoms with Gasteiger partial charge in [-0.25, -0.2) is 0 Å². The van der Waals surface area contributed by atoms with Gasteiger partial charge in [-0.1, -0.05) is 12.2 Å². The molecule has 1 atom stereocenters. The van der Waals surface area contributed by atoms with Crippen molar-refractivity contribution < 1.29 is 0 Å². The standard InChI is InChI=1S/C6H9N.4ClH/c1-6-4-2-3-5-7-6;;;;/h2-7H,1H3;4*1H. The van der Waals surface area contributed by atoms with Crippen LogP contribution in [0.1, 0.15) is 6.92 Å². The summed E-state index contributed by atoms with van der Waals surface area (Å²) in [4.78, 5) is 0. The minimum absolute atomic E-state index is 0. The van der Waals surface area contributed by atoms with E-state index < -0.39 is 0 Å². The second-order valence-corrected chi connectivity index (χ2v) is 1.70. The lowest BCUT2D eigenvalue weighted by molar-refractivity contribution is 0.761. The largest absolute Gasteiger partial charge is 0.385 e. The zero-order chi connectivity index (χ0) is 5.11. The average molecular weight is 241 g/mol. The van der Waals surface area contributed by atoms with E-state index in [2.05, 4.69) is 18.3 Å². The van der Waals surface area contributed by atoms with E-state index >= 15 is 0 Å². The number of allylic oxidation sites excluding steroid dienone is 2. The number of rotatable bonds is 0. The highest BCUT2D eigenvalue weighted by Crippen LogP contribution is 1.90. The van der Waals surface area contributed by atoms with E-state index in [1.165, 1.54) is 0 Å². The van der Waals surface area contributed by atoms with Gasteiger partial charge >= 0.3 is 0 Å². The predicted octanol–water partition coefficient (Wildman–Crippen LogP) is 2.74. The zero-order valence-electron chi connectivity index (χ0n) is 6.02. The van der Waals surface area contributed by atoms with Crippen molar-refractivity contribution in [1.82, 2.24) is 5.32 Å². The minimum atomic E-state index is 0. The van der Waals surface area contributed by atoms with Crippen molar-refractivity contribution in [2.24, 2.45) is 0 Å². The fourth-order valence-electron chi connectivity index (χ4n) is 0.549. The maximum absolute atomic E-state index is 3.11. The van der Waals surface area contributed by atoms with Gasteiger partial charge in [0.05, 0.1) is 0 Å². The Morgan fingerprint density at radius 3 is 1.73 bits per heavy atom. The van der Waals surface area contributed by atoms with Crippen molar-refractivity contribution >= 4 is 49.6 Å². The molecule has 1 heterocycles. The lowest BCUT2D eigenvalue weighted by Gasteiger charge is -2.07. The average Bonchev–Trinajstić information content (AvgIpc) is 1.69. The number of hydrogen-bond acceptors (Lipinski definition) is 1. The quantitative estimate of drug-likeness (QED) is 0.687. The Bertz CT molecular complexity index is 113. The maximum Gasteiger partial charge on any atom is 0.0413 e. The monoisotopic (exact) mass is 239 g/mol. The molecule has 0 bridgehead atoms. The van der Waals surface area contributed by atoms with E-state index in [4.69, 9.17) is 0 Å². The van der Waals surface area contributed by atoms with Crippen LogP contribution in [0.2, 0.25) is 0 Å². The summed E-state index contributed by atoms with van der Waals surface area (Å²) in [7, 11) is 0. The van der Waals surface area contributed by atoms with Crippen LogP contribution in [0, 0.1) is 0 Å². The van der Waals surface area contributed by atoms with Gasteiger partial charge in [0.2, 0.25) is 0 Å². The molecule has 1 aliphatic heterocycles.